The number of rotatable bonds is 16. The maximum absolute atomic E-state index is 12.3. The first-order valence-electron chi connectivity index (χ1n) is 16.3. The minimum absolute atomic E-state index is 0.124. The largest absolute Gasteiger partial charge is 0.542 e. The predicted molar refractivity (Wildman–Crippen MR) is 189 cm³/mol. The summed E-state index contributed by atoms with van der Waals surface area (Å²) in [7, 11) is 3.03. The third-order valence-electron chi connectivity index (χ3n) is 7.97. The van der Waals surface area contributed by atoms with Crippen LogP contribution >= 0.6 is 0 Å². The summed E-state index contributed by atoms with van der Waals surface area (Å²) < 4.78 is 34.5. The molecule has 0 radical (unpaired) electrons. The molecule has 9 heteroatoms. The lowest BCUT2D eigenvalue weighted by Crippen LogP contribution is -2.29. The molecule has 0 bridgehead atoms. The molecule has 0 aliphatic carbocycles. The van der Waals surface area contributed by atoms with Crippen molar-refractivity contribution >= 4 is 14.3 Å². The zero-order valence-corrected chi connectivity index (χ0v) is 31.1. The maximum Gasteiger partial charge on any atom is 0.344 e. The van der Waals surface area contributed by atoms with Gasteiger partial charge in [0.15, 0.2) is 35.4 Å². The van der Waals surface area contributed by atoms with Gasteiger partial charge in [-0.05, 0) is 131 Å². The van der Waals surface area contributed by atoms with Crippen LogP contribution < -0.4 is 23.4 Å². The summed E-state index contributed by atoms with van der Waals surface area (Å²) >= 11 is 0. The lowest BCUT2D eigenvalue weighted by atomic mass is 9.78. The minimum atomic E-state index is -1.82. The molecule has 1 N–H and O–H groups in total. The number of methoxy groups -OCH3 is 3. The second-order valence-corrected chi connectivity index (χ2v) is 18.4. The van der Waals surface area contributed by atoms with Gasteiger partial charge in [0, 0.05) is 0 Å². The summed E-state index contributed by atoms with van der Waals surface area (Å²) in [5.41, 5.74) is 2.78. The van der Waals surface area contributed by atoms with E-state index in [2.05, 4.69) is 51.7 Å². The molecule has 0 spiro atoms. The van der Waals surface area contributed by atoms with E-state index in [9.17, 15) is 9.90 Å². The number of carbonyl (C=O) groups excluding carboxylic acids is 1. The van der Waals surface area contributed by atoms with Crippen LogP contribution in [-0.4, -0.2) is 52.9 Å². The van der Waals surface area contributed by atoms with E-state index in [4.69, 9.17) is 28.1 Å². The normalized spacial score (nSPS) is 13.7. The Bertz CT molecular complexity index is 1470. The average molecular weight is 667 g/mol. The van der Waals surface area contributed by atoms with E-state index in [1.807, 2.05) is 51.1 Å². The van der Waals surface area contributed by atoms with Crippen molar-refractivity contribution in [3.63, 3.8) is 0 Å². The summed E-state index contributed by atoms with van der Waals surface area (Å²) in [5, 5.41) is 10.2. The van der Waals surface area contributed by atoms with Crippen LogP contribution in [0.15, 0.2) is 54.6 Å². The number of carbonyl (C=O) groups is 1. The molecule has 0 heterocycles. The molecular weight excluding hydrogens is 612 g/mol. The molecule has 3 aromatic rings. The monoisotopic (exact) mass is 666 g/mol. The molecular formula is C38H54O8Si. The molecule has 258 valence electrons. The van der Waals surface area contributed by atoms with Crippen LogP contribution in [0, 0.1) is 0 Å². The van der Waals surface area contributed by atoms with Crippen molar-refractivity contribution in [2.75, 3.05) is 27.9 Å². The van der Waals surface area contributed by atoms with Gasteiger partial charge in [-0.1, -0.05) is 32.0 Å². The van der Waals surface area contributed by atoms with Gasteiger partial charge in [-0.25, -0.2) is 4.79 Å². The SMILES string of the molecule is CCC(CC(CC(C)c1ccc(O[Si](C)(C)C)c(OC)c1)c1ccc(OCC(=O)OC(C)(C)C)c(OC)c1)c1ccc(O)c(OC)c1. The molecule has 0 aromatic heterocycles. The van der Waals surface area contributed by atoms with Gasteiger partial charge in [-0.3, -0.25) is 0 Å². The fourth-order valence-electron chi connectivity index (χ4n) is 5.73. The van der Waals surface area contributed by atoms with Gasteiger partial charge < -0.3 is 33.2 Å². The highest BCUT2D eigenvalue weighted by Gasteiger charge is 2.26. The third-order valence-corrected chi connectivity index (χ3v) is 8.80. The van der Waals surface area contributed by atoms with Gasteiger partial charge in [0.1, 0.15) is 11.4 Å². The predicted octanol–water partition coefficient (Wildman–Crippen LogP) is 9.21. The van der Waals surface area contributed by atoms with Gasteiger partial charge in [0.05, 0.1) is 21.3 Å². The van der Waals surface area contributed by atoms with Crippen LogP contribution in [0.25, 0.3) is 0 Å². The highest BCUT2D eigenvalue weighted by atomic mass is 28.4. The first-order valence-corrected chi connectivity index (χ1v) is 19.7. The third kappa shape index (κ3) is 11.1. The fraction of sp³-hybridized carbons (Fsp3) is 0.500. The Labute approximate surface area is 282 Å². The second-order valence-electron chi connectivity index (χ2n) is 14.0. The number of hydrogen-bond acceptors (Lipinski definition) is 8. The number of esters is 1. The molecule has 3 unspecified atom stereocenters. The standard InChI is InChI=1S/C38H54O8Si/c1-12-26(28-13-16-31(39)34(22-28)41-6)20-30(19-25(2)27-14-18-33(36(21-27)43-8)46-47(9,10)11)29-15-17-32(35(23-29)42-7)44-24-37(40)45-38(3,4)5/h13-18,21-23,25-26,30,39H,12,19-20,24H2,1-11H3. The van der Waals surface area contributed by atoms with E-state index < -0.39 is 19.9 Å². The van der Waals surface area contributed by atoms with E-state index in [1.165, 1.54) is 5.56 Å². The molecule has 3 aromatic carbocycles. The van der Waals surface area contributed by atoms with Crippen LogP contribution in [0.3, 0.4) is 0 Å². The smallest absolute Gasteiger partial charge is 0.344 e. The lowest BCUT2D eigenvalue weighted by Gasteiger charge is -2.28. The zero-order valence-electron chi connectivity index (χ0n) is 30.1. The molecule has 0 saturated carbocycles. The first kappa shape index (κ1) is 37.6. The molecule has 0 aliphatic rings. The Hall–Kier alpha value is -3.85. The van der Waals surface area contributed by atoms with Crippen LogP contribution in [0.4, 0.5) is 0 Å². The molecule has 0 amide bonds. The van der Waals surface area contributed by atoms with Crippen LogP contribution in [0.5, 0.6) is 34.5 Å². The summed E-state index contributed by atoms with van der Waals surface area (Å²) in [4.78, 5) is 12.3. The van der Waals surface area contributed by atoms with Crippen LogP contribution in [0.2, 0.25) is 19.6 Å². The van der Waals surface area contributed by atoms with Gasteiger partial charge in [-0.2, -0.15) is 0 Å². The maximum atomic E-state index is 12.3. The number of aromatic hydroxyl groups is 1. The van der Waals surface area contributed by atoms with E-state index in [0.717, 1.165) is 41.9 Å². The molecule has 47 heavy (non-hydrogen) atoms. The Morgan fingerprint density at radius 2 is 1.28 bits per heavy atom. The van der Waals surface area contributed by atoms with Crippen LogP contribution in [0.1, 0.15) is 88.3 Å². The molecule has 0 fully saturated rings. The fourth-order valence-corrected chi connectivity index (χ4v) is 6.56. The van der Waals surface area contributed by atoms with Crippen molar-refractivity contribution in [2.24, 2.45) is 0 Å². The topological polar surface area (TPSA) is 92.7 Å². The molecule has 8 nitrogen and oxygen atoms in total. The summed E-state index contributed by atoms with van der Waals surface area (Å²) in [6, 6.07) is 17.8. The van der Waals surface area contributed by atoms with Crippen molar-refractivity contribution in [3.05, 3.63) is 71.3 Å². The number of hydrogen-bond donors (Lipinski definition) is 1. The van der Waals surface area contributed by atoms with Crippen molar-refractivity contribution in [2.45, 2.75) is 96.9 Å². The highest BCUT2D eigenvalue weighted by molar-refractivity contribution is 6.70. The highest BCUT2D eigenvalue weighted by Crippen LogP contribution is 2.43. The first-order chi connectivity index (χ1) is 22.1. The summed E-state index contributed by atoms with van der Waals surface area (Å²) in [5.74, 6) is 3.22. The van der Waals surface area contributed by atoms with Gasteiger partial charge in [0.25, 0.3) is 0 Å². The average Bonchev–Trinajstić information content (AvgIpc) is 3.00. The minimum Gasteiger partial charge on any atom is -0.542 e. The summed E-state index contributed by atoms with van der Waals surface area (Å²) in [6.07, 6.45) is 2.61. The van der Waals surface area contributed by atoms with Gasteiger partial charge >= 0.3 is 5.97 Å². The Kier molecular flexibility index (Phi) is 13.0. The molecule has 3 rings (SSSR count). The Balaban J connectivity index is 1.97. The van der Waals surface area contributed by atoms with E-state index >= 15 is 0 Å². The number of phenolic OH excluding ortho intramolecular Hbond substituents is 1. The van der Waals surface area contributed by atoms with Gasteiger partial charge in [0.2, 0.25) is 8.32 Å². The quantitative estimate of drug-likeness (QED) is 0.120. The van der Waals surface area contributed by atoms with Crippen molar-refractivity contribution in [1.82, 2.24) is 0 Å². The Morgan fingerprint density at radius 3 is 1.87 bits per heavy atom. The van der Waals surface area contributed by atoms with Crippen molar-refractivity contribution < 1.29 is 38.0 Å². The van der Waals surface area contributed by atoms with E-state index in [1.54, 1.807) is 27.4 Å². The number of ether oxygens (including phenoxy) is 5. The lowest BCUT2D eigenvalue weighted by molar-refractivity contribution is -0.157. The van der Waals surface area contributed by atoms with E-state index in [-0.39, 0.29) is 30.1 Å². The second kappa shape index (κ2) is 16.3. The number of benzene rings is 3. The zero-order chi connectivity index (χ0) is 34.9. The van der Waals surface area contributed by atoms with Crippen LogP contribution in [-0.2, 0) is 9.53 Å². The van der Waals surface area contributed by atoms with E-state index in [0.29, 0.717) is 17.2 Å². The van der Waals surface area contributed by atoms with Crippen molar-refractivity contribution in [3.8, 4) is 34.5 Å². The summed E-state index contributed by atoms with van der Waals surface area (Å²) in [6.45, 7) is 16.1. The van der Waals surface area contributed by atoms with Crippen molar-refractivity contribution in [1.29, 1.82) is 0 Å². The Morgan fingerprint density at radius 1 is 0.745 bits per heavy atom. The molecule has 3 atom stereocenters. The van der Waals surface area contributed by atoms with Gasteiger partial charge in [-0.15, -0.1) is 0 Å². The molecule has 0 aliphatic heterocycles. The number of phenols is 1. The molecule has 0 saturated heterocycles.